The zero-order chi connectivity index (χ0) is 10.6. The molecule has 0 fully saturated rings. The molecular weight excluding hydrogens is 268 g/mol. The summed E-state index contributed by atoms with van der Waals surface area (Å²) in [7, 11) is 0. The molecule has 2 heteroatoms. The normalized spacial score (nSPS) is 12.8. The molecule has 0 saturated carbocycles. The Balaban J connectivity index is 2.35. The Morgan fingerprint density at radius 1 is 1.13 bits per heavy atom. The summed E-state index contributed by atoms with van der Waals surface area (Å²) in [6, 6.07) is 8.65. The molecule has 0 saturated heterocycles. The lowest BCUT2D eigenvalue weighted by Crippen LogP contribution is -1.78. The third-order valence-electron chi connectivity index (χ3n) is 2.73. The first-order valence-corrected chi connectivity index (χ1v) is 6.38. The monoisotopic (exact) mass is 276 g/mol. The van der Waals surface area contributed by atoms with Gasteiger partial charge in [-0.2, -0.15) is 0 Å². The highest BCUT2D eigenvalue weighted by Gasteiger charge is 2.24. The van der Waals surface area contributed by atoms with Crippen molar-refractivity contribution in [3.63, 3.8) is 0 Å². The minimum absolute atomic E-state index is 1.12. The molecular formula is C13H9BrS. The van der Waals surface area contributed by atoms with E-state index in [0.29, 0.717) is 0 Å². The van der Waals surface area contributed by atoms with Crippen LogP contribution < -0.4 is 0 Å². The first-order chi connectivity index (χ1) is 7.16. The highest BCUT2D eigenvalue weighted by atomic mass is 79.9. The number of hydrogen-bond donors (Lipinski definition) is 0. The molecule has 1 aliphatic rings. The maximum absolute atomic E-state index is 4.18. The van der Waals surface area contributed by atoms with Crippen LogP contribution in [0.1, 0.15) is 16.0 Å². The number of thiophene rings is 1. The number of halogens is 1. The van der Waals surface area contributed by atoms with E-state index in [9.17, 15) is 0 Å². The summed E-state index contributed by atoms with van der Waals surface area (Å²) in [5, 5.41) is 0. The van der Waals surface area contributed by atoms with Crippen molar-refractivity contribution in [1.82, 2.24) is 0 Å². The van der Waals surface area contributed by atoms with Crippen molar-refractivity contribution >= 4 is 32.8 Å². The smallest absolute Gasteiger partial charge is 0.0430 e. The van der Waals surface area contributed by atoms with Crippen LogP contribution >= 0.6 is 27.3 Å². The van der Waals surface area contributed by atoms with Crippen molar-refractivity contribution in [1.29, 1.82) is 0 Å². The molecule has 1 heterocycles. The predicted molar refractivity (Wildman–Crippen MR) is 70.3 cm³/mol. The first-order valence-electron chi connectivity index (χ1n) is 4.77. The summed E-state index contributed by atoms with van der Waals surface area (Å²) in [4.78, 5) is 2.73. The average Bonchev–Trinajstić information content (AvgIpc) is 2.67. The molecule has 1 aromatic heterocycles. The molecule has 1 aromatic carbocycles. The molecule has 0 nitrogen and oxygen atoms in total. The first kappa shape index (κ1) is 9.37. The van der Waals surface area contributed by atoms with E-state index in [1.165, 1.54) is 26.4 Å². The number of benzene rings is 1. The van der Waals surface area contributed by atoms with Gasteiger partial charge in [-0.3, -0.25) is 0 Å². The van der Waals surface area contributed by atoms with E-state index in [1.54, 1.807) is 0 Å². The fourth-order valence-electron chi connectivity index (χ4n) is 2.05. The largest absolute Gasteiger partial charge is 0.140 e. The van der Waals surface area contributed by atoms with Crippen molar-refractivity contribution in [2.75, 3.05) is 0 Å². The van der Waals surface area contributed by atoms with Crippen LogP contribution in [0, 0.1) is 6.92 Å². The Bertz CT molecular complexity index is 578. The number of rotatable bonds is 0. The summed E-state index contributed by atoms with van der Waals surface area (Å²) in [6.45, 7) is 6.32. The molecule has 15 heavy (non-hydrogen) atoms. The molecule has 3 rings (SSSR count). The van der Waals surface area contributed by atoms with E-state index < -0.39 is 0 Å². The topological polar surface area (TPSA) is 0 Å². The van der Waals surface area contributed by atoms with Gasteiger partial charge in [0.1, 0.15) is 0 Å². The van der Waals surface area contributed by atoms with Gasteiger partial charge in [0.25, 0.3) is 0 Å². The Hall–Kier alpha value is -0.860. The van der Waals surface area contributed by atoms with Crippen LogP contribution in [0.15, 0.2) is 35.3 Å². The van der Waals surface area contributed by atoms with Crippen LogP contribution in [0.5, 0.6) is 0 Å². The van der Waals surface area contributed by atoms with Gasteiger partial charge in [-0.05, 0) is 36.3 Å². The summed E-state index contributed by atoms with van der Waals surface area (Å²) >= 11 is 5.36. The summed E-state index contributed by atoms with van der Waals surface area (Å²) in [5.74, 6) is 0. The predicted octanol–water partition coefficient (Wildman–Crippen LogP) is 4.86. The molecule has 0 N–H and O–H groups in total. The Labute approximate surface area is 101 Å². The SMILES string of the molecule is C=C1c2cc(Br)ccc2-c2sc(C)cc21. The minimum atomic E-state index is 1.12. The fraction of sp³-hybridized carbons (Fsp3) is 0.0769. The van der Waals surface area contributed by atoms with Crippen LogP contribution in [-0.2, 0) is 0 Å². The average molecular weight is 277 g/mol. The van der Waals surface area contributed by atoms with Gasteiger partial charge in [0.05, 0.1) is 0 Å². The van der Waals surface area contributed by atoms with E-state index >= 15 is 0 Å². The van der Waals surface area contributed by atoms with E-state index in [-0.39, 0.29) is 0 Å². The number of fused-ring (bicyclic) bond motifs is 3. The van der Waals surface area contributed by atoms with E-state index in [2.05, 4.69) is 53.7 Å². The molecule has 0 amide bonds. The standard InChI is InChI=1S/C13H9BrS/c1-7-5-12-8(2)11-6-9(14)3-4-10(11)13(12)15-7/h3-6H,2H2,1H3. The molecule has 0 unspecified atom stereocenters. The van der Waals surface area contributed by atoms with Crippen LogP contribution in [-0.4, -0.2) is 0 Å². The zero-order valence-corrected chi connectivity index (χ0v) is 10.7. The quantitative estimate of drug-likeness (QED) is 0.550. The summed E-state index contributed by atoms with van der Waals surface area (Å²) in [5.41, 5.74) is 5.07. The molecule has 74 valence electrons. The maximum atomic E-state index is 4.18. The van der Waals surface area contributed by atoms with Gasteiger partial charge in [-0.15, -0.1) is 11.3 Å². The van der Waals surface area contributed by atoms with Crippen LogP contribution in [0.3, 0.4) is 0 Å². The van der Waals surface area contributed by atoms with Gasteiger partial charge < -0.3 is 0 Å². The molecule has 0 atom stereocenters. The Morgan fingerprint density at radius 3 is 2.73 bits per heavy atom. The molecule has 0 aliphatic heterocycles. The second-order valence-electron chi connectivity index (χ2n) is 3.77. The maximum Gasteiger partial charge on any atom is 0.0430 e. The van der Waals surface area contributed by atoms with Gasteiger partial charge >= 0.3 is 0 Å². The molecule has 0 bridgehead atoms. The van der Waals surface area contributed by atoms with Gasteiger partial charge in [-0.1, -0.05) is 28.6 Å². The Kier molecular flexibility index (Phi) is 1.91. The van der Waals surface area contributed by atoms with Crippen LogP contribution in [0.25, 0.3) is 16.0 Å². The zero-order valence-electron chi connectivity index (χ0n) is 8.30. The van der Waals surface area contributed by atoms with Crippen molar-refractivity contribution in [2.24, 2.45) is 0 Å². The van der Waals surface area contributed by atoms with E-state index in [0.717, 1.165) is 10.0 Å². The molecule has 2 aromatic rings. The van der Waals surface area contributed by atoms with Crippen molar-refractivity contribution in [3.05, 3.63) is 51.3 Å². The third kappa shape index (κ3) is 1.25. The van der Waals surface area contributed by atoms with Gasteiger partial charge in [-0.25, -0.2) is 0 Å². The van der Waals surface area contributed by atoms with Gasteiger partial charge in [0.2, 0.25) is 0 Å². The van der Waals surface area contributed by atoms with Crippen LogP contribution in [0.2, 0.25) is 0 Å². The van der Waals surface area contributed by atoms with Crippen molar-refractivity contribution < 1.29 is 0 Å². The Morgan fingerprint density at radius 2 is 1.93 bits per heavy atom. The fourth-order valence-corrected chi connectivity index (χ4v) is 3.49. The lowest BCUT2D eigenvalue weighted by atomic mass is 10.1. The molecule has 1 aliphatic carbocycles. The lowest BCUT2D eigenvalue weighted by molar-refractivity contribution is 1.60. The molecule has 0 radical (unpaired) electrons. The highest BCUT2D eigenvalue weighted by molar-refractivity contribution is 9.10. The third-order valence-corrected chi connectivity index (χ3v) is 4.31. The second-order valence-corrected chi connectivity index (χ2v) is 5.94. The van der Waals surface area contributed by atoms with Crippen molar-refractivity contribution in [2.45, 2.75) is 6.92 Å². The number of aryl methyl sites for hydroxylation is 1. The van der Waals surface area contributed by atoms with Gasteiger partial charge in [0, 0.05) is 25.4 Å². The minimum Gasteiger partial charge on any atom is -0.140 e. The highest BCUT2D eigenvalue weighted by Crippen LogP contribution is 2.48. The van der Waals surface area contributed by atoms with E-state index in [4.69, 9.17) is 0 Å². The molecule has 0 spiro atoms. The summed E-state index contributed by atoms with van der Waals surface area (Å²) < 4.78 is 1.12. The van der Waals surface area contributed by atoms with Crippen LogP contribution in [0.4, 0.5) is 0 Å². The lowest BCUT2D eigenvalue weighted by Gasteiger charge is -2.01. The van der Waals surface area contributed by atoms with Crippen molar-refractivity contribution in [3.8, 4) is 10.4 Å². The number of hydrogen-bond acceptors (Lipinski definition) is 1. The van der Waals surface area contributed by atoms with Gasteiger partial charge in [0.15, 0.2) is 0 Å². The van der Waals surface area contributed by atoms with E-state index in [1.807, 2.05) is 11.3 Å². The second kappa shape index (κ2) is 3.06. The summed E-state index contributed by atoms with van der Waals surface area (Å²) in [6.07, 6.45) is 0.